The topological polar surface area (TPSA) is 102 Å². The highest BCUT2D eigenvalue weighted by molar-refractivity contribution is 7.89. The maximum Gasteiger partial charge on any atom is 0.341 e. The van der Waals surface area contributed by atoms with Crippen molar-refractivity contribution in [1.29, 1.82) is 0 Å². The Balaban J connectivity index is 1.30. The van der Waals surface area contributed by atoms with Crippen LogP contribution in [0.4, 0.5) is 0 Å². The molecule has 2 saturated heterocycles. The van der Waals surface area contributed by atoms with Crippen LogP contribution in [0.15, 0.2) is 108 Å². The highest BCUT2D eigenvalue weighted by Gasteiger charge is 2.51. The van der Waals surface area contributed by atoms with Crippen LogP contribution in [0.1, 0.15) is 76.5 Å². The molecule has 2 heterocycles. The van der Waals surface area contributed by atoms with Crippen molar-refractivity contribution < 1.29 is 32.5 Å². The summed E-state index contributed by atoms with van der Waals surface area (Å²) in [6.07, 6.45) is 4.41. The summed E-state index contributed by atoms with van der Waals surface area (Å²) in [6, 6.07) is 28.9. The molecular weight excluding hydrogens is 699 g/mol. The number of aliphatic carboxylic acids is 1. The number of benzene rings is 4. The molecule has 0 amide bonds. The molecule has 54 heavy (non-hydrogen) atoms. The third-order valence-corrected chi connectivity index (χ3v) is 13.2. The fourth-order valence-corrected chi connectivity index (χ4v) is 9.83. The first kappa shape index (κ1) is 39.3. The molecule has 2 aliphatic rings. The normalized spacial score (nSPS) is 20.0. The summed E-state index contributed by atoms with van der Waals surface area (Å²) in [4.78, 5) is 12.1. The molecule has 0 aromatic heterocycles. The Hall–Kier alpha value is -4.44. The molecule has 1 spiro atoms. The number of sulfonamides is 1. The minimum Gasteiger partial charge on any atom is -0.493 e. The molecule has 1 N–H and O–H groups in total. The Bertz CT molecular complexity index is 2040. The van der Waals surface area contributed by atoms with Gasteiger partial charge in [0.2, 0.25) is 10.0 Å². The Morgan fingerprint density at radius 1 is 0.907 bits per heavy atom. The lowest BCUT2D eigenvalue weighted by Crippen LogP contribution is -2.53. The van der Waals surface area contributed by atoms with Crippen LogP contribution in [0.3, 0.4) is 0 Å². The molecule has 286 valence electrons. The number of nitrogens with zero attached hydrogens (tertiary/aromatic N) is 1. The molecular formula is C45H53NO7S. The van der Waals surface area contributed by atoms with Gasteiger partial charge in [-0.25, -0.2) is 13.2 Å². The molecule has 2 aliphatic heterocycles. The monoisotopic (exact) mass is 751 g/mol. The maximum absolute atomic E-state index is 14.0. The molecule has 0 saturated carbocycles. The molecule has 9 heteroatoms. The van der Waals surface area contributed by atoms with Crippen molar-refractivity contribution in [2.75, 3.05) is 26.3 Å². The largest absolute Gasteiger partial charge is 0.493 e. The number of unbranched alkanes of at least 4 members (excludes halogenated alkanes) is 1. The van der Waals surface area contributed by atoms with Gasteiger partial charge in [0.25, 0.3) is 0 Å². The van der Waals surface area contributed by atoms with Crippen LogP contribution in [-0.4, -0.2) is 56.2 Å². The van der Waals surface area contributed by atoms with Gasteiger partial charge in [0, 0.05) is 30.1 Å². The highest BCUT2D eigenvalue weighted by Crippen LogP contribution is 2.56. The first-order valence-electron chi connectivity index (χ1n) is 19.1. The zero-order valence-corrected chi connectivity index (χ0v) is 32.7. The summed E-state index contributed by atoms with van der Waals surface area (Å²) in [5.41, 5.74) is 6.26. The number of hydrogen-bond donors (Lipinski definition) is 1. The molecule has 0 aliphatic carbocycles. The zero-order valence-electron chi connectivity index (χ0n) is 31.9. The predicted octanol–water partition coefficient (Wildman–Crippen LogP) is 9.87. The van der Waals surface area contributed by atoms with E-state index in [4.69, 9.17) is 14.2 Å². The fraction of sp³-hybridized carbons (Fsp3) is 0.400. The zero-order chi connectivity index (χ0) is 38.5. The second kappa shape index (κ2) is 16.9. The van der Waals surface area contributed by atoms with E-state index in [9.17, 15) is 18.3 Å². The third-order valence-electron chi connectivity index (χ3n) is 11.2. The average Bonchev–Trinajstić information content (AvgIpc) is 3.17. The lowest BCUT2D eigenvalue weighted by atomic mass is 9.63. The van der Waals surface area contributed by atoms with E-state index in [1.807, 2.05) is 93.6 Å². The number of aryl methyl sites for hydroxylation is 1. The van der Waals surface area contributed by atoms with Gasteiger partial charge in [-0.1, -0.05) is 98.6 Å². The van der Waals surface area contributed by atoms with Crippen molar-refractivity contribution in [3.8, 4) is 33.8 Å². The smallest absolute Gasteiger partial charge is 0.341 e. The number of ether oxygens (including phenoxy) is 3. The molecule has 8 nitrogen and oxygen atoms in total. The fourth-order valence-electron chi connectivity index (χ4n) is 8.39. The number of hydrogen-bond acceptors (Lipinski definition) is 6. The number of carboxylic acids is 1. The van der Waals surface area contributed by atoms with Crippen LogP contribution < -0.4 is 9.47 Å². The van der Waals surface area contributed by atoms with Crippen molar-refractivity contribution >= 4 is 16.0 Å². The number of para-hydroxylation sites is 1. The molecule has 4 aromatic carbocycles. The van der Waals surface area contributed by atoms with E-state index < -0.39 is 28.7 Å². The van der Waals surface area contributed by atoms with Crippen LogP contribution in [0.5, 0.6) is 11.5 Å². The number of carbonyl (C=O) groups is 1. The molecule has 0 unspecified atom stereocenters. The second-order valence-corrected chi connectivity index (χ2v) is 16.8. The van der Waals surface area contributed by atoms with Gasteiger partial charge in [0.1, 0.15) is 11.5 Å². The van der Waals surface area contributed by atoms with Crippen LogP contribution >= 0.6 is 0 Å². The summed E-state index contributed by atoms with van der Waals surface area (Å²) in [5, 5.41) is 9.66. The van der Waals surface area contributed by atoms with E-state index in [1.165, 1.54) is 0 Å². The average molecular weight is 752 g/mol. The molecule has 2 fully saturated rings. The lowest BCUT2D eigenvalue weighted by Gasteiger charge is -2.54. The predicted molar refractivity (Wildman–Crippen MR) is 213 cm³/mol. The minimum atomic E-state index is -3.69. The molecule has 3 atom stereocenters. The Morgan fingerprint density at radius 2 is 1.57 bits per heavy atom. The standard InChI is InChI=1S/C45H53NO7S/c1-6-8-18-41-45(23-25-46(26-24-45)54(49,50)36-21-19-34(20-22-36)33-14-10-9-11-15-33)29-38(31(3)4)44(53-41)43-32(5)27-35(28-40(43)52-30-42(47)48)37-16-12-13-17-39(37)51-7-2/h9-17,19-22,27-28,38,41,44H,3,6-8,18,23-26,29-30H2,1-2,4-5H3,(H,47,48)/t38-,41+,44+/m0/s1. The van der Waals surface area contributed by atoms with Gasteiger partial charge in [0.05, 0.1) is 23.7 Å². The van der Waals surface area contributed by atoms with Crippen molar-refractivity contribution in [2.24, 2.45) is 11.3 Å². The molecule has 0 bridgehead atoms. The van der Waals surface area contributed by atoms with Crippen molar-refractivity contribution in [3.05, 3.63) is 114 Å². The first-order chi connectivity index (χ1) is 26.0. The van der Waals surface area contributed by atoms with E-state index in [2.05, 4.69) is 19.6 Å². The Labute approximate surface area is 320 Å². The van der Waals surface area contributed by atoms with Gasteiger partial charge >= 0.3 is 5.97 Å². The summed E-state index contributed by atoms with van der Waals surface area (Å²) in [5.74, 6) is 0.0564. The van der Waals surface area contributed by atoms with Crippen molar-refractivity contribution in [2.45, 2.75) is 83.3 Å². The number of piperidine rings is 1. The summed E-state index contributed by atoms with van der Waals surface area (Å²) < 4.78 is 48.8. The third kappa shape index (κ3) is 8.28. The maximum atomic E-state index is 14.0. The van der Waals surface area contributed by atoms with E-state index in [0.29, 0.717) is 43.2 Å². The van der Waals surface area contributed by atoms with Gasteiger partial charge in [-0.05, 0) is 98.4 Å². The summed E-state index contributed by atoms with van der Waals surface area (Å²) >= 11 is 0. The molecule has 4 aromatic rings. The van der Waals surface area contributed by atoms with E-state index in [-0.39, 0.29) is 17.4 Å². The van der Waals surface area contributed by atoms with Gasteiger partial charge in [-0.3, -0.25) is 0 Å². The Kier molecular flexibility index (Phi) is 12.3. The van der Waals surface area contributed by atoms with Gasteiger partial charge < -0.3 is 19.3 Å². The van der Waals surface area contributed by atoms with E-state index in [0.717, 1.165) is 70.4 Å². The summed E-state index contributed by atoms with van der Waals surface area (Å²) in [7, 11) is -3.69. The summed E-state index contributed by atoms with van der Waals surface area (Å²) in [6.45, 7) is 13.4. The van der Waals surface area contributed by atoms with Gasteiger partial charge in [0.15, 0.2) is 6.61 Å². The lowest BCUT2D eigenvalue weighted by molar-refractivity contribution is -0.170. The van der Waals surface area contributed by atoms with Crippen LogP contribution in [0, 0.1) is 18.3 Å². The minimum absolute atomic E-state index is 0.0935. The van der Waals surface area contributed by atoms with E-state index >= 15 is 0 Å². The SMILES string of the molecule is C=C(C)[C@@H]1CC2(CCN(S(=O)(=O)c3ccc(-c4ccccc4)cc3)CC2)[C@@H](CCCC)O[C@H]1c1c(C)cc(-c2ccccc2OCC)cc1OCC(=O)O. The highest BCUT2D eigenvalue weighted by atomic mass is 32.2. The molecule has 0 radical (unpaired) electrons. The van der Waals surface area contributed by atoms with Gasteiger partial charge in [-0.2, -0.15) is 4.31 Å². The van der Waals surface area contributed by atoms with Gasteiger partial charge in [-0.15, -0.1) is 0 Å². The Morgan fingerprint density at radius 3 is 2.22 bits per heavy atom. The quantitative estimate of drug-likeness (QED) is 0.128. The second-order valence-electron chi connectivity index (χ2n) is 14.8. The van der Waals surface area contributed by atoms with Crippen molar-refractivity contribution in [3.63, 3.8) is 0 Å². The molecule has 6 rings (SSSR count). The number of rotatable bonds is 14. The van der Waals surface area contributed by atoms with Crippen molar-refractivity contribution in [1.82, 2.24) is 4.31 Å². The van der Waals surface area contributed by atoms with Crippen LogP contribution in [-0.2, 0) is 19.6 Å². The van der Waals surface area contributed by atoms with Crippen LogP contribution in [0.2, 0.25) is 0 Å². The van der Waals surface area contributed by atoms with E-state index in [1.54, 1.807) is 16.4 Å². The first-order valence-corrected chi connectivity index (χ1v) is 20.6. The number of carboxylic acid groups (broad SMARTS) is 1. The van der Waals surface area contributed by atoms with Crippen LogP contribution in [0.25, 0.3) is 22.3 Å².